The van der Waals surface area contributed by atoms with E-state index >= 15 is 0 Å². The lowest BCUT2D eigenvalue weighted by atomic mass is 10.4. The predicted molar refractivity (Wildman–Crippen MR) is 53.0 cm³/mol. The molecule has 1 rings (SSSR count). The van der Waals surface area contributed by atoms with Gasteiger partial charge in [-0.25, -0.2) is 0 Å². The largest absolute Gasteiger partial charge is 0.130 e. The third-order valence-corrected chi connectivity index (χ3v) is 5.06. The molecule has 0 saturated carbocycles. The highest BCUT2D eigenvalue weighted by atomic mass is 35.5. The van der Waals surface area contributed by atoms with Crippen LogP contribution in [0.4, 0.5) is 0 Å². The quantitative estimate of drug-likeness (QED) is 0.498. The van der Waals surface area contributed by atoms with Crippen molar-refractivity contribution in [2.24, 2.45) is 0 Å². The molecule has 1 aromatic carbocycles. The number of rotatable bonds is 3. The number of hydrogen-bond acceptors (Lipinski definition) is 0. The van der Waals surface area contributed by atoms with E-state index in [4.69, 9.17) is 11.6 Å². The molecule has 59 valence electrons. The van der Waals surface area contributed by atoms with Crippen molar-refractivity contribution in [3.05, 3.63) is 30.3 Å². The minimum Gasteiger partial charge on any atom is -0.130 e. The van der Waals surface area contributed by atoms with Gasteiger partial charge in [-0.15, -0.1) is 11.6 Å². The van der Waals surface area contributed by atoms with Gasteiger partial charge in [-0.2, -0.15) is 0 Å². The molecule has 0 saturated heterocycles. The smallest absolute Gasteiger partial charge is 0.102 e. The Morgan fingerprint density at radius 2 is 1.91 bits per heavy atom. The summed E-state index contributed by atoms with van der Waals surface area (Å²) < 4.78 is 0. The third kappa shape index (κ3) is 2.35. The van der Waals surface area contributed by atoms with E-state index in [0.29, 0.717) is 0 Å². The number of benzene rings is 1. The first kappa shape index (κ1) is 8.82. The van der Waals surface area contributed by atoms with Crippen molar-refractivity contribution in [1.29, 1.82) is 0 Å². The average molecular weight is 184 g/mol. The summed E-state index contributed by atoms with van der Waals surface area (Å²) in [6.45, 7) is 2.21. The lowest BCUT2D eigenvalue weighted by molar-refractivity contribution is 1.42. The summed E-state index contributed by atoms with van der Waals surface area (Å²) in [4.78, 5) is 0. The minimum absolute atomic E-state index is 0.435. The maximum Gasteiger partial charge on any atom is 0.102 e. The molecule has 0 aromatic heterocycles. The fourth-order valence-corrected chi connectivity index (χ4v) is 3.49. The minimum atomic E-state index is -0.435. The summed E-state index contributed by atoms with van der Waals surface area (Å²) in [5.74, 6) is 0. The molecule has 0 heterocycles. The van der Waals surface area contributed by atoms with Crippen LogP contribution in [-0.4, -0.2) is 14.3 Å². The Hall–Kier alpha value is -0.273. The van der Waals surface area contributed by atoms with E-state index in [0.717, 1.165) is 5.50 Å². The Morgan fingerprint density at radius 1 is 1.27 bits per heavy atom. The first-order valence-electron chi connectivity index (χ1n) is 3.84. The molecule has 0 aliphatic carbocycles. The van der Waals surface area contributed by atoms with Crippen molar-refractivity contribution in [3.8, 4) is 0 Å². The molecule has 0 spiro atoms. The van der Waals surface area contributed by atoms with Crippen LogP contribution in [0.3, 0.4) is 0 Å². The van der Waals surface area contributed by atoms with Gasteiger partial charge in [-0.05, 0) is 0 Å². The van der Waals surface area contributed by atoms with Gasteiger partial charge < -0.3 is 0 Å². The predicted octanol–water partition coefficient (Wildman–Crippen LogP) is 2.19. The van der Waals surface area contributed by atoms with Crippen molar-refractivity contribution in [1.82, 2.24) is 0 Å². The zero-order valence-electron chi connectivity index (χ0n) is 6.68. The lowest BCUT2D eigenvalue weighted by Gasteiger charge is -2.07. The van der Waals surface area contributed by atoms with Gasteiger partial charge in [-0.1, -0.05) is 48.5 Å². The monoisotopic (exact) mass is 183 g/mol. The van der Waals surface area contributed by atoms with E-state index in [-0.39, 0.29) is 0 Å². The molecule has 0 unspecified atom stereocenters. The van der Waals surface area contributed by atoms with Crippen molar-refractivity contribution in [3.63, 3.8) is 0 Å². The van der Waals surface area contributed by atoms with Crippen LogP contribution in [-0.2, 0) is 0 Å². The van der Waals surface area contributed by atoms with Crippen LogP contribution in [0.1, 0.15) is 6.92 Å². The SMILES string of the molecule is CC[Si](CCl)c1ccccc1. The summed E-state index contributed by atoms with van der Waals surface area (Å²) >= 11 is 5.85. The molecule has 0 fully saturated rings. The Kier molecular flexibility index (Phi) is 3.67. The van der Waals surface area contributed by atoms with Crippen molar-refractivity contribution in [2.75, 3.05) is 5.50 Å². The molecule has 1 radical (unpaired) electrons. The van der Waals surface area contributed by atoms with Crippen LogP contribution in [0.5, 0.6) is 0 Å². The molecule has 0 N–H and O–H groups in total. The maximum absolute atomic E-state index is 5.85. The number of halogens is 1. The summed E-state index contributed by atoms with van der Waals surface area (Å²) in [5, 5.41) is 1.45. The lowest BCUT2D eigenvalue weighted by Crippen LogP contribution is -2.30. The van der Waals surface area contributed by atoms with Crippen LogP contribution in [0.15, 0.2) is 30.3 Å². The Morgan fingerprint density at radius 3 is 2.36 bits per heavy atom. The molecule has 11 heavy (non-hydrogen) atoms. The van der Waals surface area contributed by atoms with Crippen molar-refractivity contribution in [2.45, 2.75) is 13.0 Å². The topological polar surface area (TPSA) is 0 Å². The van der Waals surface area contributed by atoms with E-state index in [1.165, 1.54) is 11.2 Å². The summed E-state index contributed by atoms with van der Waals surface area (Å²) in [7, 11) is -0.435. The zero-order valence-corrected chi connectivity index (χ0v) is 8.43. The molecule has 0 bridgehead atoms. The van der Waals surface area contributed by atoms with Gasteiger partial charge in [0.05, 0.1) is 0 Å². The molecular weight excluding hydrogens is 172 g/mol. The second kappa shape index (κ2) is 4.57. The molecule has 0 aliphatic rings. The van der Waals surface area contributed by atoms with Crippen molar-refractivity contribution < 1.29 is 0 Å². The normalized spacial score (nSPS) is 10.5. The fraction of sp³-hybridized carbons (Fsp3) is 0.333. The highest BCUT2D eigenvalue weighted by Gasteiger charge is 2.08. The fourth-order valence-electron chi connectivity index (χ4n) is 1.05. The highest BCUT2D eigenvalue weighted by Crippen LogP contribution is 1.96. The van der Waals surface area contributed by atoms with Crippen LogP contribution in [0.25, 0.3) is 0 Å². The van der Waals surface area contributed by atoms with Gasteiger partial charge in [0.2, 0.25) is 0 Å². The van der Waals surface area contributed by atoms with Gasteiger partial charge >= 0.3 is 0 Å². The Labute approximate surface area is 74.8 Å². The Balaban J connectivity index is 2.74. The molecule has 0 amide bonds. The van der Waals surface area contributed by atoms with Crippen molar-refractivity contribution >= 4 is 25.6 Å². The Bertz CT molecular complexity index is 194. The van der Waals surface area contributed by atoms with E-state index in [1.807, 2.05) is 6.07 Å². The highest BCUT2D eigenvalue weighted by molar-refractivity contribution is 6.78. The first-order valence-corrected chi connectivity index (χ1v) is 6.29. The molecule has 0 atom stereocenters. The summed E-state index contributed by atoms with van der Waals surface area (Å²) in [5.41, 5.74) is 0.825. The van der Waals surface area contributed by atoms with Gasteiger partial charge in [0.1, 0.15) is 8.80 Å². The average Bonchev–Trinajstić information content (AvgIpc) is 2.09. The summed E-state index contributed by atoms with van der Waals surface area (Å²) in [6, 6.07) is 11.8. The number of alkyl halides is 1. The van der Waals surface area contributed by atoms with Crippen LogP contribution >= 0.6 is 11.6 Å². The second-order valence-corrected chi connectivity index (χ2v) is 6.02. The van der Waals surface area contributed by atoms with E-state index < -0.39 is 8.80 Å². The molecule has 0 aliphatic heterocycles. The molecule has 2 heteroatoms. The van der Waals surface area contributed by atoms with E-state index in [1.54, 1.807) is 0 Å². The van der Waals surface area contributed by atoms with Crippen LogP contribution in [0, 0.1) is 0 Å². The van der Waals surface area contributed by atoms with Gasteiger partial charge in [-0.3, -0.25) is 0 Å². The van der Waals surface area contributed by atoms with Gasteiger partial charge in [0.15, 0.2) is 0 Å². The van der Waals surface area contributed by atoms with Gasteiger partial charge in [0.25, 0.3) is 0 Å². The summed E-state index contributed by atoms with van der Waals surface area (Å²) in [6.07, 6.45) is 0. The molecule has 1 aromatic rings. The third-order valence-electron chi connectivity index (χ3n) is 1.77. The maximum atomic E-state index is 5.85. The first-order chi connectivity index (χ1) is 5.38. The van der Waals surface area contributed by atoms with E-state index in [2.05, 4.69) is 31.2 Å². The van der Waals surface area contributed by atoms with E-state index in [9.17, 15) is 0 Å². The van der Waals surface area contributed by atoms with Gasteiger partial charge in [0, 0.05) is 5.50 Å². The van der Waals surface area contributed by atoms with Crippen LogP contribution < -0.4 is 5.19 Å². The van der Waals surface area contributed by atoms with Crippen LogP contribution in [0.2, 0.25) is 6.04 Å². The second-order valence-electron chi connectivity index (χ2n) is 2.46. The number of hydrogen-bond donors (Lipinski definition) is 0. The standard InChI is InChI=1S/C9H12ClSi/c1-2-11(8-10)9-6-4-3-5-7-9/h3-7H,2,8H2,1H3. The molecule has 0 nitrogen and oxygen atoms in total. The zero-order chi connectivity index (χ0) is 8.10. The molecular formula is C9H12ClSi.